The minimum Gasteiger partial charge on any atom is -0.351 e. The molecule has 3 aromatic rings. The summed E-state index contributed by atoms with van der Waals surface area (Å²) < 4.78 is 13.8. The van der Waals surface area contributed by atoms with Gasteiger partial charge < -0.3 is 5.32 Å². The zero-order valence-electron chi connectivity index (χ0n) is 13.9. The fourth-order valence-electron chi connectivity index (χ4n) is 2.45. The van der Waals surface area contributed by atoms with E-state index >= 15 is 0 Å². The van der Waals surface area contributed by atoms with Crippen LogP contribution in [-0.4, -0.2) is 10.9 Å². The van der Waals surface area contributed by atoms with Crippen LogP contribution in [-0.2, 0) is 17.8 Å². The summed E-state index contributed by atoms with van der Waals surface area (Å²) in [7, 11) is 0. The Labute approximate surface area is 164 Å². The van der Waals surface area contributed by atoms with Crippen molar-refractivity contribution in [3.05, 3.63) is 74.5 Å². The molecule has 0 spiro atoms. The Balaban J connectivity index is 1.69. The molecule has 0 saturated heterocycles. The predicted octanol–water partition coefficient (Wildman–Crippen LogP) is 5.42. The molecule has 0 aliphatic rings. The molecule has 0 atom stereocenters. The van der Waals surface area contributed by atoms with Gasteiger partial charge in [-0.15, -0.1) is 11.3 Å². The van der Waals surface area contributed by atoms with E-state index in [-0.39, 0.29) is 22.9 Å². The number of benzene rings is 2. The number of amides is 1. The molecule has 3 rings (SSSR count). The van der Waals surface area contributed by atoms with E-state index < -0.39 is 5.82 Å². The summed E-state index contributed by atoms with van der Waals surface area (Å²) in [6.07, 6.45) is -0.110. The first-order valence-corrected chi connectivity index (χ1v) is 9.43. The van der Waals surface area contributed by atoms with Crippen molar-refractivity contribution in [1.29, 1.82) is 0 Å². The molecule has 0 unspecified atom stereocenters. The number of carbonyl (C=O) groups is 1. The number of nitrogens with zero attached hydrogens (tertiary/aromatic N) is 1. The predicted molar refractivity (Wildman–Crippen MR) is 104 cm³/mol. The molecule has 0 aliphatic heterocycles. The van der Waals surface area contributed by atoms with Gasteiger partial charge in [0.05, 0.1) is 23.7 Å². The van der Waals surface area contributed by atoms with Crippen molar-refractivity contribution in [1.82, 2.24) is 10.3 Å². The lowest BCUT2D eigenvalue weighted by Crippen LogP contribution is -2.25. The highest BCUT2D eigenvalue weighted by Gasteiger charge is 2.15. The topological polar surface area (TPSA) is 42.0 Å². The fourth-order valence-corrected chi connectivity index (χ4v) is 4.00. The van der Waals surface area contributed by atoms with Gasteiger partial charge in [-0.1, -0.05) is 47.5 Å². The van der Waals surface area contributed by atoms with E-state index in [0.29, 0.717) is 11.6 Å². The SMILES string of the molecule is Cc1nc(-c2ccccc2Cl)sc1CNC(=O)Cc1c(F)cccc1Cl. The van der Waals surface area contributed by atoms with Crippen LogP contribution in [0.15, 0.2) is 42.5 Å². The zero-order chi connectivity index (χ0) is 18.7. The highest BCUT2D eigenvalue weighted by Crippen LogP contribution is 2.32. The highest BCUT2D eigenvalue weighted by molar-refractivity contribution is 7.15. The molecule has 26 heavy (non-hydrogen) atoms. The number of nitrogens with one attached hydrogen (secondary N) is 1. The normalized spacial score (nSPS) is 10.8. The Morgan fingerprint density at radius 1 is 1.15 bits per heavy atom. The van der Waals surface area contributed by atoms with Crippen LogP contribution in [0.25, 0.3) is 10.6 Å². The van der Waals surface area contributed by atoms with Crippen molar-refractivity contribution in [3.63, 3.8) is 0 Å². The van der Waals surface area contributed by atoms with E-state index in [9.17, 15) is 9.18 Å². The molecule has 0 radical (unpaired) electrons. The van der Waals surface area contributed by atoms with Gasteiger partial charge in [0, 0.05) is 21.0 Å². The van der Waals surface area contributed by atoms with Gasteiger partial charge in [0.15, 0.2) is 0 Å². The van der Waals surface area contributed by atoms with Crippen LogP contribution >= 0.6 is 34.5 Å². The molecule has 2 aromatic carbocycles. The lowest BCUT2D eigenvalue weighted by Gasteiger charge is -2.07. The largest absolute Gasteiger partial charge is 0.351 e. The van der Waals surface area contributed by atoms with E-state index in [1.54, 1.807) is 6.07 Å². The van der Waals surface area contributed by atoms with Crippen molar-refractivity contribution in [2.75, 3.05) is 0 Å². The molecule has 1 heterocycles. The monoisotopic (exact) mass is 408 g/mol. The third kappa shape index (κ3) is 4.23. The maximum atomic E-state index is 13.8. The Hall–Kier alpha value is -1.95. The summed E-state index contributed by atoms with van der Waals surface area (Å²) in [5.41, 5.74) is 1.89. The number of thiazole rings is 1. The Bertz CT molecular complexity index is 938. The summed E-state index contributed by atoms with van der Waals surface area (Å²) in [6, 6.07) is 11.8. The maximum absolute atomic E-state index is 13.8. The summed E-state index contributed by atoms with van der Waals surface area (Å²) >= 11 is 13.6. The van der Waals surface area contributed by atoms with Crippen LogP contribution in [0.2, 0.25) is 10.0 Å². The van der Waals surface area contributed by atoms with Gasteiger partial charge in [-0.25, -0.2) is 9.37 Å². The molecule has 1 amide bonds. The number of carbonyl (C=O) groups excluding carboxylic acids is 1. The van der Waals surface area contributed by atoms with E-state index in [1.165, 1.54) is 23.5 Å². The number of hydrogen-bond donors (Lipinski definition) is 1. The van der Waals surface area contributed by atoms with Crippen LogP contribution < -0.4 is 5.32 Å². The first-order chi connectivity index (χ1) is 12.5. The van der Waals surface area contributed by atoms with Crippen molar-refractivity contribution in [3.8, 4) is 10.6 Å². The van der Waals surface area contributed by atoms with E-state index in [0.717, 1.165) is 21.1 Å². The first kappa shape index (κ1) is 18.8. The van der Waals surface area contributed by atoms with Crippen molar-refractivity contribution < 1.29 is 9.18 Å². The average Bonchev–Trinajstić information content (AvgIpc) is 2.97. The molecular formula is C19H15Cl2FN2OS. The molecule has 0 bridgehead atoms. The van der Waals surface area contributed by atoms with Crippen LogP contribution in [0.3, 0.4) is 0 Å². The third-order valence-electron chi connectivity index (χ3n) is 3.84. The van der Waals surface area contributed by atoms with Gasteiger partial charge in [0.1, 0.15) is 10.8 Å². The van der Waals surface area contributed by atoms with Crippen molar-refractivity contribution >= 4 is 40.4 Å². The molecule has 7 heteroatoms. The van der Waals surface area contributed by atoms with E-state index in [4.69, 9.17) is 23.2 Å². The van der Waals surface area contributed by atoms with Gasteiger partial charge in [0.25, 0.3) is 0 Å². The van der Waals surface area contributed by atoms with Crippen LogP contribution in [0.5, 0.6) is 0 Å². The molecule has 1 aromatic heterocycles. The van der Waals surface area contributed by atoms with Crippen molar-refractivity contribution in [2.45, 2.75) is 19.9 Å². The van der Waals surface area contributed by atoms with Crippen LogP contribution in [0.1, 0.15) is 16.1 Å². The second kappa shape index (κ2) is 8.16. The first-order valence-electron chi connectivity index (χ1n) is 7.86. The summed E-state index contributed by atoms with van der Waals surface area (Å²) in [5.74, 6) is -0.785. The summed E-state index contributed by atoms with van der Waals surface area (Å²) in [6.45, 7) is 2.20. The molecule has 134 valence electrons. The number of aryl methyl sites for hydroxylation is 1. The van der Waals surface area contributed by atoms with Gasteiger partial charge in [-0.2, -0.15) is 0 Å². The quantitative estimate of drug-likeness (QED) is 0.611. The molecular weight excluding hydrogens is 394 g/mol. The van der Waals surface area contributed by atoms with E-state index in [2.05, 4.69) is 10.3 Å². The number of rotatable bonds is 5. The Kier molecular flexibility index (Phi) is 5.91. The minimum atomic E-state index is -0.484. The van der Waals surface area contributed by atoms with Crippen LogP contribution in [0, 0.1) is 12.7 Å². The van der Waals surface area contributed by atoms with Crippen molar-refractivity contribution in [2.24, 2.45) is 0 Å². The number of aromatic nitrogens is 1. The van der Waals surface area contributed by atoms with Gasteiger partial charge in [-0.3, -0.25) is 4.79 Å². The number of hydrogen-bond acceptors (Lipinski definition) is 3. The second-order valence-corrected chi connectivity index (χ2v) is 7.56. The van der Waals surface area contributed by atoms with Gasteiger partial charge in [-0.05, 0) is 25.1 Å². The van der Waals surface area contributed by atoms with Crippen LogP contribution in [0.4, 0.5) is 4.39 Å². The van der Waals surface area contributed by atoms with Gasteiger partial charge in [0.2, 0.25) is 5.91 Å². The van der Waals surface area contributed by atoms with Gasteiger partial charge >= 0.3 is 0 Å². The number of halogens is 3. The minimum absolute atomic E-state index is 0.110. The highest BCUT2D eigenvalue weighted by atomic mass is 35.5. The van der Waals surface area contributed by atoms with E-state index in [1.807, 2.05) is 31.2 Å². The Morgan fingerprint density at radius 3 is 2.62 bits per heavy atom. The Morgan fingerprint density at radius 2 is 1.88 bits per heavy atom. The fraction of sp³-hybridized carbons (Fsp3) is 0.158. The molecule has 0 fully saturated rings. The lowest BCUT2D eigenvalue weighted by atomic mass is 10.1. The maximum Gasteiger partial charge on any atom is 0.224 e. The lowest BCUT2D eigenvalue weighted by molar-refractivity contribution is -0.120. The second-order valence-electron chi connectivity index (χ2n) is 5.66. The zero-order valence-corrected chi connectivity index (χ0v) is 16.2. The third-order valence-corrected chi connectivity index (χ3v) is 5.72. The molecule has 3 nitrogen and oxygen atoms in total. The summed E-state index contributed by atoms with van der Waals surface area (Å²) in [5, 5.41) is 4.47. The molecule has 1 N–H and O–H groups in total. The standard InChI is InChI=1S/C19H15Cl2FN2OS/c1-11-17(26-19(24-11)12-5-2-3-6-14(12)20)10-23-18(25)9-13-15(21)7-4-8-16(13)22/h2-8H,9-10H2,1H3,(H,23,25). The molecule has 0 saturated carbocycles. The average molecular weight is 409 g/mol. The smallest absolute Gasteiger partial charge is 0.224 e. The summed E-state index contributed by atoms with van der Waals surface area (Å²) in [4.78, 5) is 17.6. The molecule has 0 aliphatic carbocycles.